The van der Waals surface area contributed by atoms with Crippen molar-refractivity contribution in [1.29, 1.82) is 0 Å². The second-order valence-electron chi connectivity index (χ2n) is 7.97. The number of aromatic nitrogens is 2. The SMILES string of the molecule is COc1ccc(-c2noc(CCN(C(=O)CC(C)C)C3CCCCC3)n2)cc1. The number of amides is 1. The average molecular weight is 386 g/mol. The zero-order valence-corrected chi connectivity index (χ0v) is 17.2. The molecule has 1 saturated carbocycles. The van der Waals surface area contributed by atoms with Gasteiger partial charge in [0.1, 0.15) is 5.75 Å². The third-order valence-corrected chi connectivity index (χ3v) is 5.30. The minimum atomic E-state index is 0.247. The summed E-state index contributed by atoms with van der Waals surface area (Å²) in [6.07, 6.45) is 7.07. The highest BCUT2D eigenvalue weighted by Crippen LogP contribution is 2.25. The Morgan fingerprint density at radius 3 is 2.57 bits per heavy atom. The number of carbonyl (C=O) groups excluding carboxylic acids is 1. The number of benzene rings is 1. The van der Waals surface area contributed by atoms with E-state index in [0.717, 1.165) is 24.2 Å². The number of hydrogen-bond acceptors (Lipinski definition) is 5. The lowest BCUT2D eigenvalue weighted by Gasteiger charge is -2.34. The third-order valence-electron chi connectivity index (χ3n) is 5.30. The first-order valence-electron chi connectivity index (χ1n) is 10.3. The molecule has 1 fully saturated rings. The van der Waals surface area contributed by atoms with Gasteiger partial charge in [-0.15, -0.1) is 0 Å². The van der Waals surface area contributed by atoms with Gasteiger partial charge in [-0.25, -0.2) is 0 Å². The number of nitrogens with zero attached hydrogens (tertiary/aromatic N) is 3. The molecule has 1 amide bonds. The van der Waals surface area contributed by atoms with Gasteiger partial charge in [-0.05, 0) is 43.0 Å². The maximum atomic E-state index is 12.8. The summed E-state index contributed by atoms with van der Waals surface area (Å²) in [5, 5.41) is 4.10. The van der Waals surface area contributed by atoms with E-state index in [1.165, 1.54) is 19.3 Å². The van der Waals surface area contributed by atoms with Crippen molar-refractivity contribution >= 4 is 5.91 Å². The number of methoxy groups -OCH3 is 1. The fourth-order valence-corrected chi connectivity index (χ4v) is 3.80. The van der Waals surface area contributed by atoms with Crippen LogP contribution in [0.15, 0.2) is 28.8 Å². The molecular formula is C22H31N3O3. The molecule has 2 aromatic rings. The fraction of sp³-hybridized carbons (Fsp3) is 0.591. The molecule has 6 nitrogen and oxygen atoms in total. The van der Waals surface area contributed by atoms with Gasteiger partial charge < -0.3 is 14.2 Å². The first kappa shape index (κ1) is 20.4. The summed E-state index contributed by atoms with van der Waals surface area (Å²) in [5.41, 5.74) is 0.885. The van der Waals surface area contributed by atoms with Crippen molar-refractivity contribution in [3.05, 3.63) is 30.2 Å². The van der Waals surface area contributed by atoms with Crippen LogP contribution in [0.2, 0.25) is 0 Å². The predicted octanol–water partition coefficient (Wildman–Crippen LogP) is 4.50. The van der Waals surface area contributed by atoms with Gasteiger partial charge in [0.25, 0.3) is 0 Å². The van der Waals surface area contributed by atoms with Crippen LogP contribution in [0.4, 0.5) is 0 Å². The lowest BCUT2D eigenvalue weighted by Crippen LogP contribution is -2.43. The molecule has 0 N–H and O–H groups in total. The molecule has 0 aliphatic heterocycles. The number of hydrogen-bond donors (Lipinski definition) is 0. The van der Waals surface area contributed by atoms with Crippen molar-refractivity contribution in [2.24, 2.45) is 5.92 Å². The molecular weight excluding hydrogens is 354 g/mol. The zero-order chi connectivity index (χ0) is 19.9. The van der Waals surface area contributed by atoms with Gasteiger partial charge in [-0.1, -0.05) is 38.3 Å². The first-order valence-corrected chi connectivity index (χ1v) is 10.3. The Labute approximate surface area is 167 Å². The van der Waals surface area contributed by atoms with E-state index >= 15 is 0 Å². The summed E-state index contributed by atoms with van der Waals surface area (Å²) in [4.78, 5) is 19.4. The molecule has 1 aromatic carbocycles. The second kappa shape index (κ2) is 9.71. The van der Waals surface area contributed by atoms with Crippen molar-refractivity contribution in [2.45, 2.75) is 64.8 Å². The van der Waals surface area contributed by atoms with Crippen LogP contribution < -0.4 is 4.74 Å². The molecule has 0 radical (unpaired) electrons. The van der Waals surface area contributed by atoms with Gasteiger partial charge in [-0.3, -0.25) is 4.79 Å². The van der Waals surface area contributed by atoms with Crippen molar-refractivity contribution in [3.8, 4) is 17.1 Å². The van der Waals surface area contributed by atoms with Gasteiger partial charge >= 0.3 is 0 Å². The quantitative estimate of drug-likeness (QED) is 0.669. The lowest BCUT2D eigenvalue weighted by atomic mass is 9.93. The Hall–Kier alpha value is -2.37. The van der Waals surface area contributed by atoms with Crippen molar-refractivity contribution in [3.63, 3.8) is 0 Å². The maximum absolute atomic E-state index is 12.8. The highest BCUT2D eigenvalue weighted by atomic mass is 16.5. The Bertz CT molecular complexity index is 749. The predicted molar refractivity (Wildman–Crippen MR) is 108 cm³/mol. The summed E-state index contributed by atoms with van der Waals surface area (Å²) < 4.78 is 10.6. The smallest absolute Gasteiger partial charge is 0.228 e. The molecule has 1 aromatic heterocycles. The molecule has 0 bridgehead atoms. The molecule has 152 valence electrons. The van der Waals surface area contributed by atoms with Crippen LogP contribution in [0.25, 0.3) is 11.4 Å². The van der Waals surface area contributed by atoms with E-state index in [9.17, 15) is 4.79 Å². The van der Waals surface area contributed by atoms with Crippen LogP contribution in [0, 0.1) is 5.92 Å². The Morgan fingerprint density at radius 1 is 1.21 bits per heavy atom. The first-order chi connectivity index (χ1) is 13.6. The normalized spacial score (nSPS) is 15.0. The molecule has 1 aliphatic rings. The van der Waals surface area contributed by atoms with E-state index in [-0.39, 0.29) is 5.91 Å². The highest BCUT2D eigenvalue weighted by Gasteiger charge is 2.26. The monoisotopic (exact) mass is 385 g/mol. The molecule has 1 heterocycles. The van der Waals surface area contributed by atoms with E-state index in [1.54, 1.807) is 7.11 Å². The van der Waals surface area contributed by atoms with Crippen LogP contribution in [0.3, 0.4) is 0 Å². The van der Waals surface area contributed by atoms with Gasteiger partial charge in [-0.2, -0.15) is 4.98 Å². The summed E-state index contributed by atoms with van der Waals surface area (Å²) in [5.74, 6) is 2.54. The minimum absolute atomic E-state index is 0.247. The molecule has 0 spiro atoms. The molecule has 28 heavy (non-hydrogen) atoms. The lowest BCUT2D eigenvalue weighted by molar-refractivity contribution is -0.135. The van der Waals surface area contributed by atoms with E-state index in [4.69, 9.17) is 9.26 Å². The minimum Gasteiger partial charge on any atom is -0.497 e. The Morgan fingerprint density at radius 2 is 1.93 bits per heavy atom. The van der Waals surface area contributed by atoms with Crippen LogP contribution >= 0.6 is 0 Å². The van der Waals surface area contributed by atoms with E-state index < -0.39 is 0 Å². The van der Waals surface area contributed by atoms with Crippen molar-refractivity contribution in [1.82, 2.24) is 15.0 Å². The third kappa shape index (κ3) is 5.33. The van der Waals surface area contributed by atoms with E-state index in [2.05, 4.69) is 28.9 Å². The zero-order valence-electron chi connectivity index (χ0n) is 17.2. The van der Waals surface area contributed by atoms with E-state index in [1.807, 2.05) is 24.3 Å². The fourth-order valence-electron chi connectivity index (χ4n) is 3.80. The van der Waals surface area contributed by atoms with Crippen LogP contribution in [0.1, 0.15) is 58.3 Å². The van der Waals surface area contributed by atoms with Crippen molar-refractivity contribution in [2.75, 3.05) is 13.7 Å². The van der Waals surface area contributed by atoms with Gasteiger partial charge in [0.2, 0.25) is 17.6 Å². The summed E-state index contributed by atoms with van der Waals surface area (Å²) in [7, 11) is 1.64. The molecule has 0 unspecified atom stereocenters. The van der Waals surface area contributed by atoms with Gasteiger partial charge in [0.05, 0.1) is 7.11 Å². The van der Waals surface area contributed by atoms with Crippen LogP contribution in [-0.2, 0) is 11.2 Å². The largest absolute Gasteiger partial charge is 0.497 e. The summed E-state index contributed by atoms with van der Waals surface area (Å²) in [6, 6.07) is 7.92. The van der Waals surface area contributed by atoms with Crippen molar-refractivity contribution < 1.29 is 14.1 Å². The van der Waals surface area contributed by atoms with Gasteiger partial charge in [0, 0.05) is 31.0 Å². The number of rotatable bonds is 8. The summed E-state index contributed by atoms with van der Waals surface area (Å²) >= 11 is 0. The Kier molecular flexibility index (Phi) is 7.06. The molecule has 1 aliphatic carbocycles. The highest BCUT2D eigenvalue weighted by molar-refractivity contribution is 5.76. The van der Waals surface area contributed by atoms with Gasteiger partial charge in [0.15, 0.2) is 0 Å². The number of ether oxygens (including phenoxy) is 1. The standard InChI is InChI=1S/C22H31N3O3/c1-16(2)15-21(26)25(18-7-5-4-6-8-18)14-13-20-23-22(24-28-20)17-9-11-19(27-3)12-10-17/h9-12,16,18H,4-8,13-15H2,1-3H3. The number of carbonyl (C=O) groups is 1. The second-order valence-corrected chi connectivity index (χ2v) is 7.97. The summed E-state index contributed by atoms with van der Waals surface area (Å²) in [6.45, 7) is 4.83. The van der Waals surface area contributed by atoms with Crippen LogP contribution in [0.5, 0.6) is 5.75 Å². The molecule has 0 atom stereocenters. The molecule has 6 heteroatoms. The maximum Gasteiger partial charge on any atom is 0.228 e. The molecule has 3 rings (SSSR count). The average Bonchev–Trinajstić information content (AvgIpc) is 3.17. The van der Waals surface area contributed by atoms with Crippen LogP contribution in [-0.4, -0.2) is 40.6 Å². The molecule has 0 saturated heterocycles. The van der Waals surface area contributed by atoms with E-state index in [0.29, 0.717) is 43.1 Å². The Balaban J connectivity index is 1.65. The topological polar surface area (TPSA) is 68.5 Å².